The molecule has 23 heavy (non-hydrogen) atoms. The first-order valence-corrected chi connectivity index (χ1v) is 8.27. The summed E-state index contributed by atoms with van der Waals surface area (Å²) in [6, 6.07) is 15.8. The molecule has 1 aromatic heterocycles. The molecule has 0 atom stereocenters. The summed E-state index contributed by atoms with van der Waals surface area (Å²) in [6.07, 6.45) is 2.03. The molecule has 0 amide bonds. The molecule has 2 aromatic carbocycles. The SMILES string of the molecule is COc1ccc(OCC#CCSc2c[nH]c3ccccc23)cc1. The molecule has 3 nitrogen and oxygen atoms in total. The van der Waals surface area contributed by atoms with Crippen LogP contribution in [0.25, 0.3) is 10.9 Å². The van der Waals surface area contributed by atoms with Crippen LogP contribution in [0.4, 0.5) is 0 Å². The second-order valence-electron chi connectivity index (χ2n) is 4.80. The fraction of sp³-hybridized carbons (Fsp3) is 0.158. The lowest BCUT2D eigenvalue weighted by atomic mass is 10.2. The van der Waals surface area contributed by atoms with Crippen molar-refractivity contribution < 1.29 is 9.47 Å². The number of benzene rings is 2. The number of rotatable bonds is 5. The third-order valence-corrected chi connectivity index (χ3v) is 4.28. The molecule has 1 N–H and O–H groups in total. The zero-order chi connectivity index (χ0) is 15.9. The van der Waals surface area contributed by atoms with Gasteiger partial charge in [-0.15, -0.1) is 11.8 Å². The minimum Gasteiger partial charge on any atom is -0.497 e. The molecule has 0 aliphatic carbocycles. The summed E-state index contributed by atoms with van der Waals surface area (Å²) in [5, 5.41) is 1.24. The fourth-order valence-corrected chi connectivity index (χ4v) is 2.98. The van der Waals surface area contributed by atoms with Gasteiger partial charge in [0.05, 0.1) is 12.9 Å². The largest absolute Gasteiger partial charge is 0.497 e. The molecule has 3 aromatic rings. The average molecular weight is 323 g/mol. The van der Waals surface area contributed by atoms with Crippen molar-refractivity contribution in [1.29, 1.82) is 0 Å². The molecule has 0 saturated carbocycles. The van der Waals surface area contributed by atoms with Crippen LogP contribution in [0.2, 0.25) is 0 Å². The topological polar surface area (TPSA) is 34.2 Å². The second-order valence-corrected chi connectivity index (χ2v) is 5.82. The molecule has 116 valence electrons. The molecule has 0 aliphatic heterocycles. The molecule has 0 aliphatic rings. The number of ether oxygens (including phenoxy) is 2. The van der Waals surface area contributed by atoms with Crippen molar-refractivity contribution in [3.8, 4) is 23.3 Å². The molecule has 0 unspecified atom stereocenters. The van der Waals surface area contributed by atoms with Crippen molar-refractivity contribution >= 4 is 22.7 Å². The zero-order valence-electron chi connectivity index (χ0n) is 12.8. The van der Waals surface area contributed by atoms with Gasteiger partial charge < -0.3 is 14.5 Å². The van der Waals surface area contributed by atoms with E-state index in [9.17, 15) is 0 Å². The van der Waals surface area contributed by atoms with Crippen LogP contribution < -0.4 is 9.47 Å². The van der Waals surface area contributed by atoms with E-state index in [2.05, 4.69) is 35.0 Å². The van der Waals surface area contributed by atoms with Crippen LogP contribution in [0.15, 0.2) is 59.6 Å². The third kappa shape index (κ3) is 4.02. The molecular formula is C19H17NO2S. The summed E-state index contributed by atoms with van der Waals surface area (Å²) in [6.45, 7) is 0.390. The van der Waals surface area contributed by atoms with E-state index in [1.165, 1.54) is 10.3 Å². The number of thioether (sulfide) groups is 1. The van der Waals surface area contributed by atoms with E-state index in [0.717, 1.165) is 22.8 Å². The van der Waals surface area contributed by atoms with Gasteiger partial charge in [0.25, 0.3) is 0 Å². The summed E-state index contributed by atoms with van der Waals surface area (Å²) in [5.41, 5.74) is 1.16. The van der Waals surface area contributed by atoms with Crippen LogP contribution in [0.5, 0.6) is 11.5 Å². The number of aromatic nitrogens is 1. The number of para-hydroxylation sites is 1. The highest BCUT2D eigenvalue weighted by atomic mass is 32.2. The monoisotopic (exact) mass is 323 g/mol. The van der Waals surface area contributed by atoms with E-state index >= 15 is 0 Å². The number of H-pyrrole nitrogens is 1. The minimum atomic E-state index is 0.390. The summed E-state index contributed by atoms with van der Waals surface area (Å²) in [5.74, 6) is 8.53. The smallest absolute Gasteiger partial charge is 0.149 e. The molecule has 1 heterocycles. The van der Waals surface area contributed by atoms with Gasteiger partial charge >= 0.3 is 0 Å². The number of hydrogen-bond acceptors (Lipinski definition) is 3. The van der Waals surface area contributed by atoms with Crippen LogP contribution in [0, 0.1) is 11.8 Å². The maximum Gasteiger partial charge on any atom is 0.149 e. The Balaban J connectivity index is 1.47. The summed E-state index contributed by atoms with van der Waals surface area (Å²) < 4.78 is 10.7. The van der Waals surface area contributed by atoms with Gasteiger partial charge in [-0.2, -0.15) is 0 Å². The zero-order valence-corrected chi connectivity index (χ0v) is 13.7. The van der Waals surface area contributed by atoms with Crippen molar-refractivity contribution in [2.45, 2.75) is 4.90 Å². The van der Waals surface area contributed by atoms with Crippen LogP contribution in [-0.2, 0) is 0 Å². The Labute approximate surface area is 140 Å². The molecule has 0 radical (unpaired) electrons. The quantitative estimate of drug-likeness (QED) is 0.560. The molecule has 0 spiro atoms. The highest BCUT2D eigenvalue weighted by molar-refractivity contribution is 7.99. The van der Waals surface area contributed by atoms with Gasteiger partial charge in [-0.05, 0) is 30.3 Å². The van der Waals surface area contributed by atoms with Gasteiger partial charge in [0, 0.05) is 22.0 Å². The number of fused-ring (bicyclic) bond motifs is 1. The molecule has 0 saturated heterocycles. The predicted molar refractivity (Wildman–Crippen MR) is 95.3 cm³/mol. The van der Waals surface area contributed by atoms with Crippen molar-refractivity contribution in [3.05, 3.63) is 54.7 Å². The molecule has 0 bridgehead atoms. The van der Waals surface area contributed by atoms with E-state index in [0.29, 0.717) is 6.61 Å². The van der Waals surface area contributed by atoms with Crippen molar-refractivity contribution in [1.82, 2.24) is 4.98 Å². The van der Waals surface area contributed by atoms with Crippen molar-refractivity contribution in [3.63, 3.8) is 0 Å². The van der Waals surface area contributed by atoms with Crippen molar-refractivity contribution in [2.24, 2.45) is 0 Å². The maximum absolute atomic E-state index is 5.57. The predicted octanol–water partition coefficient (Wildman–Crippen LogP) is 4.35. The lowest BCUT2D eigenvalue weighted by Crippen LogP contribution is -1.94. The normalized spacial score (nSPS) is 10.1. The Morgan fingerprint density at radius 2 is 1.78 bits per heavy atom. The summed E-state index contributed by atoms with van der Waals surface area (Å²) in [4.78, 5) is 4.49. The Morgan fingerprint density at radius 1 is 1.00 bits per heavy atom. The first kappa shape index (κ1) is 15.4. The van der Waals surface area contributed by atoms with E-state index in [4.69, 9.17) is 9.47 Å². The number of methoxy groups -OCH3 is 1. The van der Waals surface area contributed by atoms with E-state index in [1.807, 2.05) is 36.5 Å². The lowest BCUT2D eigenvalue weighted by molar-refractivity contribution is 0.368. The summed E-state index contributed by atoms with van der Waals surface area (Å²) >= 11 is 1.73. The van der Waals surface area contributed by atoms with Crippen LogP contribution in [0.1, 0.15) is 0 Å². The van der Waals surface area contributed by atoms with E-state index < -0.39 is 0 Å². The third-order valence-electron chi connectivity index (χ3n) is 3.35. The minimum absolute atomic E-state index is 0.390. The van der Waals surface area contributed by atoms with Gasteiger partial charge in [0.15, 0.2) is 0 Å². The van der Waals surface area contributed by atoms with E-state index in [-0.39, 0.29) is 0 Å². The summed E-state index contributed by atoms with van der Waals surface area (Å²) in [7, 11) is 1.65. The van der Waals surface area contributed by atoms with Crippen molar-refractivity contribution in [2.75, 3.05) is 19.5 Å². The first-order chi connectivity index (χ1) is 11.4. The molecule has 0 fully saturated rings. The first-order valence-electron chi connectivity index (χ1n) is 7.28. The van der Waals surface area contributed by atoms with Crippen LogP contribution >= 0.6 is 11.8 Å². The van der Waals surface area contributed by atoms with Gasteiger partial charge in [-0.3, -0.25) is 0 Å². The highest BCUT2D eigenvalue weighted by Gasteiger charge is 2.01. The van der Waals surface area contributed by atoms with Gasteiger partial charge in [-0.25, -0.2) is 0 Å². The van der Waals surface area contributed by atoms with E-state index in [1.54, 1.807) is 18.9 Å². The number of aromatic amines is 1. The van der Waals surface area contributed by atoms with Gasteiger partial charge in [0.2, 0.25) is 0 Å². The second kappa shape index (κ2) is 7.66. The molecular weight excluding hydrogens is 306 g/mol. The Kier molecular flexibility index (Phi) is 5.13. The molecule has 4 heteroatoms. The Hall–Kier alpha value is -2.51. The van der Waals surface area contributed by atoms with Crippen LogP contribution in [0.3, 0.4) is 0 Å². The number of nitrogens with one attached hydrogen (secondary N) is 1. The van der Waals surface area contributed by atoms with Crippen LogP contribution in [-0.4, -0.2) is 24.5 Å². The van der Waals surface area contributed by atoms with Gasteiger partial charge in [0.1, 0.15) is 18.1 Å². The lowest BCUT2D eigenvalue weighted by Gasteiger charge is -2.03. The standard InChI is InChI=1S/C19H17NO2S/c1-21-15-8-10-16(11-9-15)22-12-4-5-13-23-19-14-20-18-7-3-2-6-17(18)19/h2-3,6-11,14,20H,12-13H2,1H3. The average Bonchev–Trinajstić information content (AvgIpc) is 3.02. The Bertz CT molecular complexity index is 828. The Morgan fingerprint density at radius 3 is 2.61 bits per heavy atom. The maximum atomic E-state index is 5.57. The number of hydrogen-bond donors (Lipinski definition) is 1. The fourth-order valence-electron chi connectivity index (χ4n) is 2.17. The molecule has 3 rings (SSSR count). The highest BCUT2D eigenvalue weighted by Crippen LogP contribution is 2.27. The van der Waals surface area contributed by atoms with Gasteiger partial charge in [-0.1, -0.05) is 30.0 Å².